The molecule has 0 saturated carbocycles. The minimum absolute atomic E-state index is 0.0794. The molecule has 5 heteroatoms. The molecular weight excluding hydrogens is 284 g/mol. The van der Waals surface area contributed by atoms with Gasteiger partial charge in [0.05, 0.1) is 5.56 Å². The van der Waals surface area contributed by atoms with Crippen LogP contribution in [0.2, 0.25) is 0 Å². The van der Waals surface area contributed by atoms with Crippen molar-refractivity contribution >= 4 is 22.2 Å². The average molecular weight is 300 g/mol. The Kier molecular flexibility index (Phi) is 4.61. The molecule has 0 bridgehead atoms. The molecule has 1 aromatic heterocycles. The van der Waals surface area contributed by atoms with Gasteiger partial charge < -0.3 is 10.1 Å². The van der Waals surface area contributed by atoms with Crippen molar-refractivity contribution in [3.63, 3.8) is 0 Å². The van der Waals surface area contributed by atoms with Gasteiger partial charge in [0.2, 0.25) is 0 Å². The third kappa shape index (κ3) is 3.61. The lowest BCUT2D eigenvalue weighted by Crippen LogP contribution is -2.20. The molecule has 4 nitrogen and oxygen atoms in total. The molecule has 0 aliphatic heterocycles. The van der Waals surface area contributed by atoms with Gasteiger partial charge in [-0.3, -0.25) is 4.79 Å². The Bertz CT molecular complexity index is 696. The molecule has 0 saturated heterocycles. The van der Waals surface area contributed by atoms with Crippen LogP contribution in [-0.2, 0) is 4.79 Å². The van der Waals surface area contributed by atoms with Crippen LogP contribution in [-0.4, -0.2) is 12.5 Å². The second-order valence-electron chi connectivity index (χ2n) is 4.75. The van der Waals surface area contributed by atoms with E-state index in [1.807, 2.05) is 45.0 Å². The Labute approximate surface area is 128 Å². The summed E-state index contributed by atoms with van der Waals surface area (Å²) in [5, 5.41) is 12.5. The normalized spacial score (nSPS) is 10.0. The number of carbonyl (C=O) groups excluding carboxylic acids is 1. The van der Waals surface area contributed by atoms with Crippen LogP contribution in [0.4, 0.5) is 5.00 Å². The highest BCUT2D eigenvalue weighted by Gasteiger charge is 2.14. The van der Waals surface area contributed by atoms with Gasteiger partial charge in [0.15, 0.2) is 6.61 Å². The number of thiophene rings is 1. The van der Waals surface area contributed by atoms with E-state index in [-0.39, 0.29) is 12.5 Å². The predicted molar refractivity (Wildman–Crippen MR) is 83.8 cm³/mol. The van der Waals surface area contributed by atoms with E-state index >= 15 is 0 Å². The maximum Gasteiger partial charge on any atom is 0.262 e. The van der Waals surface area contributed by atoms with Crippen LogP contribution in [0.25, 0.3) is 0 Å². The van der Waals surface area contributed by atoms with Gasteiger partial charge in [0, 0.05) is 4.88 Å². The lowest BCUT2D eigenvalue weighted by Gasteiger charge is -2.06. The SMILES string of the molecule is Cc1ccc(OCC(=O)Nc2sc(C)c(C)c2C#N)cc1. The maximum atomic E-state index is 11.9. The van der Waals surface area contributed by atoms with Crippen molar-refractivity contribution in [3.05, 3.63) is 45.8 Å². The highest BCUT2D eigenvalue weighted by Crippen LogP contribution is 2.31. The number of hydrogen-bond acceptors (Lipinski definition) is 4. The number of carbonyl (C=O) groups is 1. The molecule has 2 rings (SSSR count). The Balaban J connectivity index is 1.98. The topological polar surface area (TPSA) is 62.1 Å². The molecular formula is C16H16N2O2S. The van der Waals surface area contributed by atoms with Gasteiger partial charge in [0.1, 0.15) is 16.8 Å². The number of anilines is 1. The summed E-state index contributed by atoms with van der Waals surface area (Å²) in [5.74, 6) is 0.378. The fourth-order valence-corrected chi connectivity index (χ4v) is 2.82. The average Bonchev–Trinajstić information content (AvgIpc) is 2.72. The Morgan fingerprint density at radius 1 is 1.29 bits per heavy atom. The number of nitrogens with zero attached hydrogens (tertiary/aromatic N) is 1. The molecule has 1 aromatic carbocycles. The van der Waals surface area contributed by atoms with Crippen LogP contribution < -0.4 is 10.1 Å². The second-order valence-corrected chi connectivity index (χ2v) is 5.97. The fraction of sp³-hybridized carbons (Fsp3) is 0.250. The lowest BCUT2D eigenvalue weighted by atomic mass is 10.2. The first-order valence-corrected chi connectivity index (χ1v) is 7.32. The molecule has 1 N–H and O–H groups in total. The molecule has 0 atom stereocenters. The van der Waals surface area contributed by atoms with E-state index < -0.39 is 0 Å². The summed E-state index contributed by atoms with van der Waals surface area (Å²) < 4.78 is 5.42. The van der Waals surface area contributed by atoms with Crippen molar-refractivity contribution in [2.75, 3.05) is 11.9 Å². The van der Waals surface area contributed by atoms with Gasteiger partial charge in [-0.05, 0) is 38.5 Å². The van der Waals surface area contributed by atoms with Crippen molar-refractivity contribution < 1.29 is 9.53 Å². The molecule has 108 valence electrons. The summed E-state index contributed by atoms with van der Waals surface area (Å²) in [4.78, 5) is 12.9. The number of nitriles is 1. The minimum Gasteiger partial charge on any atom is -0.484 e. The van der Waals surface area contributed by atoms with Crippen molar-refractivity contribution in [2.24, 2.45) is 0 Å². The molecule has 1 heterocycles. The largest absolute Gasteiger partial charge is 0.484 e. The third-order valence-corrected chi connectivity index (χ3v) is 4.26. The van der Waals surface area contributed by atoms with Crippen molar-refractivity contribution in [1.29, 1.82) is 5.26 Å². The molecule has 0 unspecified atom stereocenters. The summed E-state index contributed by atoms with van der Waals surface area (Å²) in [6.45, 7) is 5.72. The standard InChI is InChI=1S/C16H16N2O2S/c1-10-4-6-13(7-5-10)20-9-15(19)18-16-14(8-17)11(2)12(3)21-16/h4-7H,9H2,1-3H3,(H,18,19). The molecule has 1 amide bonds. The number of amides is 1. The van der Waals surface area contributed by atoms with E-state index in [1.165, 1.54) is 11.3 Å². The van der Waals surface area contributed by atoms with E-state index in [2.05, 4.69) is 11.4 Å². The van der Waals surface area contributed by atoms with Crippen molar-refractivity contribution in [3.8, 4) is 11.8 Å². The van der Waals surface area contributed by atoms with Crippen LogP contribution >= 0.6 is 11.3 Å². The lowest BCUT2D eigenvalue weighted by molar-refractivity contribution is -0.118. The van der Waals surface area contributed by atoms with Crippen LogP contribution in [0, 0.1) is 32.1 Å². The monoisotopic (exact) mass is 300 g/mol. The summed E-state index contributed by atoms with van der Waals surface area (Å²) in [7, 11) is 0. The zero-order valence-electron chi connectivity index (χ0n) is 12.2. The zero-order chi connectivity index (χ0) is 15.4. The molecule has 2 aromatic rings. The van der Waals surface area contributed by atoms with Crippen LogP contribution in [0.3, 0.4) is 0 Å². The number of rotatable bonds is 4. The Morgan fingerprint density at radius 2 is 1.95 bits per heavy atom. The van der Waals surface area contributed by atoms with E-state index in [0.717, 1.165) is 16.0 Å². The highest BCUT2D eigenvalue weighted by atomic mass is 32.1. The molecule has 0 aliphatic carbocycles. The second kappa shape index (κ2) is 6.42. The molecule has 0 spiro atoms. The van der Waals surface area contributed by atoms with E-state index in [4.69, 9.17) is 10.00 Å². The summed E-state index contributed by atoms with van der Waals surface area (Å²) >= 11 is 1.41. The fourth-order valence-electron chi connectivity index (χ4n) is 1.80. The molecule has 0 radical (unpaired) electrons. The summed E-state index contributed by atoms with van der Waals surface area (Å²) in [6.07, 6.45) is 0. The van der Waals surface area contributed by atoms with Gasteiger partial charge in [-0.2, -0.15) is 5.26 Å². The Morgan fingerprint density at radius 3 is 2.57 bits per heavy atom. The summed E-state index contributed by atoms with van der Waals surface area (Å²) in [5.41, 5.74) is 2.58. The maximum absolute atomic E-state index is 11.9. The number of nitrogens with one attached hydrogen (secondary N) is 1. The molecule has 21 heavy (non-hydrogen) atoms. The van der Waals surface area contributed by atoms with Crippen molar-refractivity contribution in [2.45, 2.75) is 20.8 Å². The van der Waals surface area contributed by atoms with Crippen LogP contribution in [0.1, 0.15) is 21.6 Å². The number of hydrogen-bond donors (Lipinski definition) is 1. The number of benzene rings is 1. The van der Waals surface area contributed by atoms with E-state index in [9.17, 15) is 4.79 Å². The predicted octanol–water partition coefficient (Wildman–Crippen LogP) is 3.56. The quantitative estimate of drug-likeness (QED) is 0.939. The van der Waals surface area contributed by atoms with Gasteiger partial charge in [0.25, 0.3) is 5.91 Å². The van der Waals surface area contributed by atoms with Gasteiger partial charge in [-0.1, -0.05) is 17.7 Å². The van der Waals surface area contributed by atoms with Crippen LogP contribution in [0.15, 0.2) is 24.3 Å². The first kappa shape index (κ1) is 15.1. The molecule has 0 aliphatic rings. The third-order valence-electron chi connectivity index (χ3n) is 3.14. The van der Waals surface area contributed by atoms with Crippen molar-refractivity contribution in [1.82, 2.24) is 0 Å². The Hall–Kier alpha value is -2.32. The molecule has 0 fully saturated rings. The summed E-state index contributed by atoms with van der Waals surface area (Å²) in [6, 6.07) is 9.62. The van der Waals surface area contributed by atoms with E-state index in [0.29, 0.717) is 16.3 Å². The van der Waals surface area contributed by atoms with Crippen LogP contribution in [0.5, 0.6) is 5.75 Å². The van der Waals surface area contributed by atoms with E-state index in [1.54, 1.807) is 0 Å². The first-order valence-electron chi connectivity index (χ1n) is 6.50. The van der Waals surface area contributed by atoms with Gasteiger partial charge in [-0.25, -0.2) is 0 Å². The number of aryl methyl sites for hydroxylation is 2. The zero-order valence-corrected chi connectivity index (χ0v) is 13.0. The minimum atomic E-state index is -0.270. The smallest absolute Gasteiger partial charge is 0.262 e. The van der Waals surface area contributed by atoms with Gasteiger partial charge >= 0.3 is 0 Å². The van der Waals surface area contributed by atoms with Gasteiger partial charge in [-0.15, -0.1) is 11.3 Å². The first-order chi connectivity index (χ1) is 10.0. The number of ether oxygens (including phenoxy) is 1. The highest BCUT2D eigenvalue weighted by molar-refractivity contribution is 7.16.